The van der Waals surface area contributed by atoms with Crippen LogP contribution in [-0.2, 0) is 10.2 Å². The van der Waals surface area contributed by atoms with E-state index in [1.807, 2.05) is 11.0 Å². The second-order valence-electron chi connectivity index (χ2n) is 7.56. The zero-order valence-electron chi connectivity index (χ0n) is 13.4. The maximum absolute atomic E-state index is 13.6. The Labute approximate surface area is 131 Å². The highest BCUT2D eigenvalue weighted by Gasteiger charge is 2.49. The van der Waals surface area contributed by atoms with Crippen LogP contribution in [-0.4, -0.2) is 29.9 Å². The van der Waals surface area contributed by atoms with E-state index in [4.69, 9.17) is 5.73 Å². The van der Waals surface area contributed by atoms with Crippen molar-refractivity contribution in [1.82, 2.24) is 4.90 Å². The molecule has 3 rings (SSSR count). The molecule has 1 saturated heterocycles. The van der Waals surface area contributed by atoms with Gasteiger partial charge >= 0.3 is 0 Å². The Balaban J connectivity index is 1.86. The average molecular weight is 304 g/mol. The summed E-state index contributed by atoms with van der Waals surface area (Å²) in [6.07, 6.45) is 3.49. The molecule has 2 fully saturated rings. The highest BCUT2D eigenvalue weighted by atomic mass is 19.1. The van der Waals surface area contributed by atoms with E-state index < -0.39 is 5.41 Å². The Hall–Kier alpha value is -1.42. The van der Waals surface area contributed by atoms with Crippen molar-refractivity contribution in [2.45, 2.75) is 51.0 Å². The number of piperidine rings is 1. The van der Waals surface area contributed by atoms with Crippen molar-refractivity contribution in [2.75, 3.05) is 13.1 Å². The quantitative estimate of drug-likeness (QED) is 0.913. The lowest BCUT2D eigenvalue weighted by Gasteiger charge is -2.49. The largest absolute Gasteiger partial charge is 0.341 e. The van der Waals surface area contributed by atoms with Crippen LogP contribution in [0.1, 0.15) is 45.1 Å². The molecule has 4 heteroatoms. The zero-order chi connectivity index (χ0) is 16.0. The molecule has 1 aliphatic heterocycles. The third kappa shape index (κ3) is 2.43. The van der Waals surface area contributed by atoms with Crippen LogP contribution in [0, 0.1) is 11.2 Å². The van der Waals surface area contributed by atoms with E-state index >= 15 is 0 Å². The fourth-order valence-corrected chi connectivity index (χ4v) is 3.79. The van der Waals surface area contributed by atoms with Crippen LogP contribution in [0.15, 0.2) is 24.3 Å². The second-order valence-corrected chi connectivity index (χ2v) is 7.56. The molecule has 1 amide bonds. The van der Waals surface area contributed by atoms with Crippen molar-refractivity contribution in [3.63, 3.8) is 0 Å². The van der Waals surface area contributed by atoms with Gasteiger partial charge in [0.25, 0.3) is 0 Å². The number of carbonyl (C=O) groups is 1. The first kappa shape index (κ1) is 15.5. The molecule has 3 nitrogen and oxygen atoms in total. The smallest absolute Gasteiger partial charge is 0.233 e. The van der Waals surface area contributed by atoms with Crippen molar-refractivity contribution in [2.24, 2.45) is 11.1 Å². The first-order chi connectivity index (χ1) is 10.3. The van der Waals surface area contributed by atoms with E-state index in [1.165, 1.54) is 12.1 Å². The molecule has 1 atom stereocenters. The number of nitrogens with zero attached hydrogens (tertiary/aromatic N) is 1. The van der Waals surface area contributed by atoms with Gasteiger partial charge in [-0.05, 0) is 42.4 Å². The molecule has 1 aliphatic carbocycles. The molecule has 1 unspecified atom stereocenters. The van der Waals surface area contributed by atoms with Gasteiger partial charge in [-0.2, -0.15) is 0 Å². The van der Waals surface area contributed by atoms with E-state index in [0.29, 0.717) is 13.1 Å². The molecule has 0 bridgehead atoms. The molecule has 1 heterocycles. The molecule has 0 spiro atoms. The lowest BCUT2D eigenvalue weighted by atomic mass is 9.63. The Morgan fingerprint density at radius 2 is 2.09 bits per heavy atom. The SMILES string of the molecule is CC1(C)CN(C(=O)C2(c3cccc(F)c3)CCC2)CCC1N. The number of benzene rings is 1. The van der Waals surface area contributed by atoms with Crippen molar-refractivity contribution in [3.05, 3.63) is 35.6 Å². The van der Waals surface area contributed by atoms with E-state index in [1.54, 1.807) is 6.07 Å². The summed E-state index contributed by atoms with van der Waals surface area (Å²) in [7, 11) is 0. The predicted molar refractivity (Wildman–Crippen MR) is 84.9 cm³/mol. The number of rotatable bonds is 2. The fraction of sp³-hybridized carbons (Fsp3) is 0.611. The Bertz CT molecular complexity index is 580. The van der Waals surface area contributed by atoms with Crippen molar-refractivity contribution >= 4 is 5.91 Å². The van der Waals surface area contributed by atoms with Gasteiger partial charge in [0.1, 0.15) is 5.82 Å². The Morgan fingerprint density at radius 3 is 2.64 bits per heavy atom. The minimum atomic E-state index is -0.514. The summed E-state index contributed by atoms with van der Waals surface area (Å²) in [6, 6.07) is 6.68. The number of nitrogens with two attached hydrogens (primary N) is 1. The lowest BCUT2D eigenvalue weighted by Crippen LogP contribution is -2.59. The number of carbonyl (C=O) groups excluding carboxylic acids is 1. The van der Waals surface area contributed by atoms with Gasteiger partial charge in [-0.1, -0.05) is 32.4 Å². The molecule has 1 saturated carbocycles. The standard InChI is InChI=1S/C18H25FN2O/c1-17(2)12-21(10-7-15(17)20)16(22)18(8-4-9-18)13-5-3-6-14(19)11-13/h3,5-6,11,15H,4,7-10,12,20H2,1-2H3. The van der Waals surface area contributed by atoms with Crippen molar-refractivity contribution < 1.29 is 9.18 Å². The summed E-state index contributed by atoms with van der Waals surface area (Å²) in [5.74, 6) is -0.109. The van der Waals surface area contributed by atoms with Crippen LogP contribution < -0.4 is 5.73 Å². The molecule has 2 aliphatic rings. The zero-order valence-corrected chi connectivity index (χ0v) is 13.4. The second kappa shape index (κ2) is 5.34. The van der Waals surface area contributed by atoms with Gasteiger partial charge in [-0.15, -0.1) is 0 Å². The number of hydrogen-bond donors (Lipinski definition) is 1. The van der Waals surface area contributed by atoms with Crippen LogP contribution >= 0.6 is 0 Å². The maximum atomic E-state index is 13.6. The van der Waals surface area contributed by atoms with Crippen molar-refractivity contribution in [3.8, 4) is 0 Å². The van der Waals surface area contributed by atoms with Gasteiger partial charge in [0.05, 0.1) is 5.41 Å². The first-order valence-corrected chi connectivity index (χ1v) is 8.16. The summed E-state index contributed by atoms with van der Waals surface area (Å²) < 4.78 is 13.6. The van der Waals surface area contributed by atoms with E-state index in [0.717, 1.165) is 31.2 Å². The average Bonchev–Trinajstić information content (AvgIpc) is 2.40. The summed E-state index contributed by atoms with van der Waals surface area (Å²) in [5.41, 5.74) is 6.42. The summed E-state index contributed by atoms with van der Waals surface area (Å²) in [6.45, 7) is 5.63. The van der Waals surface area contributed by atoms with Gasteiger partial charge in [0.2, 0.25) is 5.91 Å². The molecule has 1 aromatic rings. The molecule has 120 valence electrons. The molecular formula is C18H25FN2O. The summed E-state index contributed by atoms with van der Waals surface area (Å²) >= 11 is 0. The van der Waals surface area contributed by atoms with Crippen LogP contribution in [0.25, 0.3) is 0 Å². The van der Waals surface area contributed by atoms with E-state index in [-0.39, 0.29) is 23.2 Å². The van der Waals surface area contributed by atoms with Crippen LogP contribution in [0.5, 0.6) is 0 Å². The summed E-state index contributed by atoms with van der Waals surface area (Å²) in [5, 5.41) is 0. The van der Waals surface area contributed by atoms with Gasteiger partial charge in [-0.25, -0.2) is 4.39 Å². The highest BCUT2D eigenvalue weighted by molar-refractivity contribution is 5.89. The van der Waals surface area contributed by atoms with E-state index in [2.05, 4.69) is 13.8 Å². The van der Waals surface area contributed by atoms with Crippen LogP contribution in [0.4, 0.5) is 4.39 Å². The van der Waals surface area contributed by atoms with Crippen LogP contribution in [0.3, 0.4) is 0 Å². The van der Waals surface area contributed by atoms with Gasteiger partial charge in [-0.3, -0.25) is 4.79 Å². The van der Waals surface area contributed by atoms with Gasteiger partial charge in [0.15, 0.2) is 0 Å². The van der Waals surface area contributed by atoms with Gasteiger partial charge in [0, 0.05) is 19.1 Å². The first-order valence-electron chi connectivity index (χ1n) is 8.16. The van der Waals surface area contributed by atoms with Crippen molar-refractivity contribution in [1.29, 1.82) is 0 Å². The highest BCUT2D eigenvalue weighted by Crippen LogP contribution is 2.46. The molecular weight excluding hydrogens is 279 g/mol. The number of halogens is 1. The third-order valence-electron chi connectivity index (χ3n) is 5.59. The van der Waals surface area contributed by atoms with E-state index in [9.17, 15) is 9.18 Å². The Kier molecular flexibility index (Phi) is 3.76. The van der Waals surface area contributed by atoms with Gasteiger partial charge < -0.3 is 10.6 Å². The normalized spacial score (nSPS) is 26.4. The number of amides is 1. The number of hydrogen-bond acceptors (Lipinski definition) is 2. The molecule has 2 N–H and O–H groups in total. The summed E-state index contributed by atoms with van der Waals surface area (Å²) in [4.78, 5) is 15.1. The fourth-order valence-electron chi connectivity index (χ4n) is 3.79. The lowest BCUT2D eigenvalue weighted by molar-refractivity contribution is -0.144. The molecule has 22 heavy (non-hydrogen) atoms. The molecule has 1 aromatic carbocycles. The maximum Gasteiger partial charge on any atom is 0.233 e. The molecule has 0 radical (unpaired) electrons. The molecule has 0 aromatic heterocycles. The van der Waals surface area contributed by atoms with Crippen LogP contribution in [0.2, 0.25) is 0 Å². The predicted octanol–water partition coefficient (Wildman–Crippen LogP) is 2.83. The Morgan fingerprint density at radius 1 is 1.36 bits per heavy atom. The minimum Gasteiger partial charge on any atom is -0.341 e. The topological polar surface area (TPSA) is 46.3 Å². The minimum absolute atomic E-state index is 0.0687. The number of likely N-dealkylation sites (tertiary alicyclic amines) is 1. The third-order valence-corrected chi connectivity index (χ3v) is 5.59. The monoisotopic (exact) mass is 304 g/mol.